The monoisotopic (exact) mass is 290 g/mol. The van der Waals surface area contributed by atoms with Gasteiger partial charge in [0.15, 0.2) is 0 Å². The van der Waals surface area contributed by atoms with Crippen molar-refractivity contribution in [3.05, 3.63) is 59.7 Å². The van der Waals surface area contributed by atoms with Gasteiger partial charge in [0, 0.05) is 29.9 Å². The van der Waals surface area contributed by atoms with Crippen molar-refractivity contribution < 1.29 is 0 Å². The average molecular weight is 290 g/mol. The summed E-state index contributed by atoms with van der Waals surface area (Å²) in [4.78, 5) is 2.48. The molecule has 0 bridgehead atoms. The van der Waals surface area contributed by atoms with Crippen LogP contribution in [0.3, 0.4) is 0 Å². The molecule has 2 atom stereocenters. The van der Waals surface area contributed by atoms with Crippen molar-refractivity contribution in [2.45, 2.75) is 24.7 Å². The first-order chi connectivity index (χ1) is 10.9. The third-order valence-electron chi connectivity index (χ3n) is 5.93. The molecule has 2 heteroatoms. The molecule has 22 heavy (non-hydrogen) atoms. The Morgan fingerprint density at radius 2 is 1.91 bits per heavy atom. The van der Waals surface area contributed by atoms with E-state index in [1.165, 1.54) is 54.9 Å². The van der Waals surface area contributed by atoms with Crippen LogP contribution in [0.15, 0.2) is 48.5 Å². The van der Waals surface area contributed by atoms with E-state index in [4.69, 9.17) is 0 Å². The number of fused-ring (bicyclic) bond motifs is 2. The topological polar surface area (TPSA) is 15.3 Å². The van der Waals surface area contributed by atoms with Gasteiger partial charge in [0.05, 0.1) is 0 Å². The molecule has 1 saturated heterocycles. The highest BCUT2D eigenvalue weighted by Gasteiger charge is 2.57. The Morgan fingerprint density at radius 3 is 2.68 bits per heavy atom. The fraction of sp³-hybridized carbons (Fsp3) is 0.400. The van der Waals surface area contributed by atoms with Gasteiger partial charge in [-0.3, -0.25) is 0 Å². The maximum Gasteiger partial charge on any atom is 0.0443 e. The number of piperidine rings is 1. The summed E-state index contributed by atoms with van der Waals surface area (Å²) < 4.78 is 0. The molecule has 0 aromatic heterocycles. The molecule has 2 nitrogen and oxygen atoms in total. The van der Waals surface area contributed by atoms with Gasteiger partial charge in [-0.05, 0) is 61.1 Å². The van der Waals surface area contributed by atoms with E-state index in [1.807, 2.05) is 0 Å². The van der Waals surface area contributed by atoms with Gasteiger partial charge in [-0.25, -0.2) is 0 Å². The Bertz CT molecular complexity index is 706. The first kappa shape index (κ1) is 12.7. The second-order valence-electron chi connectivity index (χ2n) is 7.12. The summed E-state index contributed by atoms with van der Waals surface area (Å²) in [5.74, 6) is 0.883. The molecule has 1 saturated carbocycles. The lowest BCUT2D eigenvalue weighted by Gasteiger charge is -2.31. The maximum atomic E-state index is 3.54. The molecule has 1 aliphatic carbocycles. The zero-order chi connectivity index (χ0) is 14.6. The van der Waals surface area contributed by atoms with Gasteiger partial charge in [0.25, 0.3) is 0 Å². The Hall–Kier alpha value is -1.80. The van der Waals surface area contributed by atoms with Crippen LogP contribution in [0, 0.1) is 5.92 Å². The highest BCUT2D eigenvalue weighted by molar-refractivity contribution is 5.68. The van der Waals surface area contributed by atoms with E-state index in [9.17, 15) is 0 Å². The van der Waals surface area contributed by atoms with Gasteiger partial charge in [-0.2, -0.15) is 0 Å². The maximum absolute atomic E-state index is 3.54. The van der Waals surface area contributed by atoms with Crippen LogP contribution in [0.2, 0.25) is 0 Å². The Kier molecular flexibility index (Phi) is 2.66. The van der Waals surface area contributed by atoms with Crippen LogP contribution >= 0.6 is 0 Å². The highest BCUT2D eigenvalue weighted by Crippen LogP contribution is 2.56. The molecule has 0 amide bonds. The van der Waals surface area contributed by atoms with Gasteiger partial charge in [0.1, 0.15) is 0 Å². The van der Waals surface area contributed by atoms with E-state index in [1.54, 1.807) is 0 Å². The van der Waals surface area contributed by atoms with Crippen LogP contribution in [0.1, 0.15) is 24.0 Å². The molecular weight excluding hydrogens is 268 g/mol. The van der Waals surface area contributed by atoms with Crippen molar-refractivity contribution in [3.8, 4) is 0 Å². The van der Waals surface area contributed by atoms with Crippen molar-refractivity contribution >= 4 is 11.4 Å². The average Bonchev–Trinajstić information content (AvgIpc) is 3.16. The summed E-state index contributed by atoms with van der Waals surface area (Å²) in [6.07, 6.45) is 3.84. The van der Waals surface area contributed by atoms with Gasteiger partial charge in [0.2, 0.25) is 0 Å². The molecule has 2 unspecified atom stereocenters. The van der Waals surface area contributed by atoms with Crippen LogP contribution in [-0.4, -0.2) is 19.6 Å². The molecule has 3 aliphatic rings. The van der Waals surface area contributed by atoms with E-state index in [2.05, 4.69) is 58.7 Å². The summed E-state index contributed by atoms with van der Waals surface area (Å²) >= 11 is 0. The number of hydrogen-bond acceptors (Lipinski definition) is 2. The first-order valence-corrected chi connectivity index (χ1v) is 8.54. The SMILES string of the molecule is c1ccc2c(c1)CCCN2c1ccc(C23CNCC2C3)cc1. The smallest absolute Gasteiger partial charge is 0.0443 e. The van der Waals surface area contributed by atoms with E-state index in [0.29, 0.717) is 5.41 Å². The normalized spacial score (nSPS) is 29.1. The summed E-state index contributed by atoms with van der Waals surface area (Å²) in [6.45, 7) is 3.51. The molecule has 0 radical (unpaired) electrons. The van der Waals surface area contributed by atoms with Crippen molar-refractivity contribution in [2.75, 3.05) is 24.5 Å². The Morgan fingerprint density at radius 1 is 1.05 bits per heavy atom. The second-order valence-corrected chi connectivity index (χ2v) is 7.12. The number of anilines is 2. The summed E-state index contributed by atoms with van der Waals surface area (Å²) in [7, 11) is 0. The van der Waals surface area contributed by atoms with Crippen molar-refractivity contribution in [1.29, 1.82) is 0 Å². The summed E-state index contributed by atoms with van der Waals surface area (Å²) in [5, 5.41) is 3.54. The van der Waals surface area contributed by atoms with E-state index >= 15 is 0 Å². The molecule has 2 aromatic carbocycles. The summed E-state index contributed by atoms with van der Waals surface area (Å²) in [6, 6.07) is 18.3. The minimum absolute atomic E-state index is 0.471. The number of nitrogens with zero attached hydrogens (tertiary/aromatic N) is 1. The Balaban J connectivity index is 1.47. The lowest BCUT2D eigenvalue weighted by molar-refractivity contribution is 0.675. The van der Waals surface area contributed by atoms with Gasteiger partial charge >= 0.3 is 0 Å². The number of para-hydroxylation sites is 1. The van der Waals surface area contributed by atoms with Crippen LogP contribution in [-0.2, 0) is 11.8 Å². The van der Waals surface area contributed by atoms with Crippen LogP contribution in [0.25, 0.3) is 0 Å². The Labute approximate surface area is 132 Å². The summed E-state index contributed by atoms with van der Waals surface area (Å²) in [5.41, 5.74) is 6.23. The zero-order valence-corrected chi connectivity index (χ0v) is 12.9. The third kappa shape index (κ3) is 1.77. The minimum atomic E-state index is 0.471. The fourth-order valence-corrected chi connectivity index (χ4v) is 4.56. The number of nitrogens with one attached hydrogen (secondary N) is 1. The lowest BCUT2D eigenvalue weighted by Crippen LogP contribution is -2.24. The minimum Gasteiger partial charge on any atom is -0.341 e. The van der Waals surface area contributed by atoms with Gasteiger partial charge < -0.3 is 10.2 Å². The predicted octanol–water partition coefficient (Wildman–Crippen LogP) is 3.63. The molecule has 1 N–H and O–H groups in total. The number of benzene rings is 2. The van der Waals surface area contributed by atoms with Crippen LogP contribution < -0.4 is 10.2 Å². The first-order valence-electron chi connectivity index (χ1n) is 8.54. The van der Waals surface area contributed by atoms with E-state index in [0.717, 1.165) is 12.5 Å². The number of aryl methyl sites for hydroxylation is 1. The van der Waals surface area contributed by atoms with Crippen molar-refractivity contribution in [3.63, 3.8) is 0 Å². The molecule has 112 valence electrons. The standard InChI is InChI=1S/C20H22N2/c1-2-6-19-15(4-1)5-3-11-22(19)18-9-7-16(8-10-18)20-12-17(20)13-21-14-20/h1-2,4,6-10,17,21H,3,5,11-14H2. The second kappa shape index (κ2) is 4.60. The molecular formula is C20H22N2. The van der Waals surface area contributed by atoms with Crippen LogP contribution in [0.4, 0.5) is 11.4 Å². The van der Waals surface area contributed by atoms with Gasteiger partial charge in [-0.1, -0.05) is 30.3 Å². The third-order valence-corrected chi connectivity index (χ3v) is 5.93. The molecule has 2 aliphatic heterocycles. The highest BCUT2D eigenvalue weighted by atomic mass is 15.1. The predicted molar refractivity (Wildman–Crippen MR) is 90.9 cm³/mol. The van der Waals surface area contributed by atoms with Crippen molar-refractivity contribution in [2.24, 2.45) is 5.92 Å². The van der Waals surface area contributed by atoms with Crippen LogP contribution in [0.5, 0.6) is 0 Å². The van der Waals surface area contributed by atoms with Crippen molar-refractivity contribution in [1.82, 2.24) is 5.32 Å². The molecule has 2 aromatic rings. The molecule has 2 fully saturated rings. The lowest BCUT2D eigenvalue weighted by atomic mass is 9.94. The molecule has 2 heterocycles. The van der Waals surface area contributed by atoms with E-state index in [-0.39, 0.29) is 0 Å². The number of rotatable bonds is 2. The zero-order valence-electron chi connectivity index (χ0n) is 12.9. The fourth-order valence-electron chi connectivity index (χ4n) is 4.56. The molecule has 5 rings (SSSR count). The molecule has 0 spiro atoms. The van der Waals surface area contributed by atoms with E-state index < -0.39 is 0 Å². The largest absolute Gasteiger partial charge is 0.341 e. The van der Waals surface area contributed by atoms with Gasteiger partial charge in [-0.15, -0.1) is 0 Å². The quantitative estimate of drug-likeness (QED) is 0.908. The number of hydrogen-bond donors (Lipinski definition) is 1.